The van der Waals surface area contributed by atoms with Crippen LogP contribution >= 0.6 is 0 Å². The Morgan fingerprint density at radius 1 is 1.29 bits per heavy atom. The van der Waals surface area contributed by atoms with Crippen LogP contribution in [0.1, 0.15) is 10.5 Å². The van der Waals surface area contributed by atoms with Crippen molar-refractivity contribution in [2.24, 2.45) is 0 Å². The van der Waals surface area contributed by atoms with Crippen molar-refractivity contribution in [2.75, 3.05) is 7.11 Å². The summed E-state index contributed by atoms with van der Waals surface area (Å²) in [5.41, 5.74) is 1.31. The monoisotopic (exact) mass is 231 g/mol. The van der Waals surface area contributed by atoms with Gasteiger partial charge in [-0.15, -0.1) is 0 Å². The average molecular weight is 231 g/mol. The van der Waals surface area contributed by atoms with Gasteiger partial charge in [0.1, 0.15) is 23.0 Å². The highest BCUT2D eigenvalue weighted by Gasteiger charge is 2.09. The fourth-order valence-corrected chi connectivity index (χ4v) is 1.53. The predicted octanol–water partition coefficient (Wildman–Crippen LogP) is 2.71. The zero-order chi connectivity index (χ0) is 12.3. The Hall–Kier alpha value is -2.23. The van der Waals surface area contributed by atoms with E-state index in [4.69, 9.17) is 4.74 Å². The molecule has 0 saturated heterocycles. The minimum atomic E-state index is -0.358. The number of pyridine rings is 1. The van der Waals surface area contributed by atoms with Crippen LogP contribution in [0.2, 0.25) is 0 Å². The van der Waals surface area contributed by atoms with Gasteiger partial charge in [-0.05, 0) is 24.3 Å². The Balaban J connectivity index is 2.59. The van der Waals surface area contributed by atoms with Gasteiger partial charge in [-0.25, -0.2) is 9.37 Å². The van der Waals surface area contributed by atoms with Crippen molar-refractivity contribution in [3.05, 3.63) is 47.9 Å². The smallest absolute Gasteiger partial charge is 0.168 e. The van der Waals surface area contributed by atoms with Gasteiger partial charge in [0, 0.05) is 5.56 Å². The number of hydrogen-bond acceptors (Lipinski definition) is 3. The second-order valence-electron chi connectivity index (χ2n) is 3.42. The van der Waals surface area contributed by atoms with Crippen LogP contribution in [0.25, 0.3) is 11.3 Å². The van der Waals surface area contributed by atoms with Crippen LogP contribution in [0.3, 0.4) is 0 Å². The minimum Gasteiger partial charge on any atom is -0.494 e. The first-order valence-electron chi connectivity index (χ1n) is 5.00. The van der Waals surface area contributed by atoms with Gasteiger partial charge in [-0.3, -0.25) is 4.79 Å². The number of benzene rings is 1. The Labute approximate surface area is 97.9 Å². The van der Waals surface area contributed by atoms with E-state index >= 15 is 0 Å². The van der Waals surface area contributed by atoms with E-state index in [9.17, 15) is 9.18 Å². The first-order chi connectivity index (χ1) is 8.24. The van der Waals surface area contributed by atoms with Crippen LogP contribution in [0.5, 0.6) is 5.75 Å². The maximum absolute atomic E-state index is 13.1. The molecule has 0 bridgehead atoms. The van der Waals surface area contributed by atoms with Crippen molar-refractivity contribution >= 4 is 6.29 Å². The van der Waals surface area contributed by atoms with E-state index in [-0.39, 0.29) is 11.5 Å². The number of hydrogen-bond donors (Lipinski definition) is 0. The maximum atomic E-state index is 13.1. The van der Waals surface area contributed by atoms with Gasteiger partial charge in [0.05, 0.1) is 7.11 Å². The van der Waals surface area contributed by atoms with Crippen LogP contribution in [0.15, 0.2) is 36.4 Å². The number of aromatic nitrogens is 1. The van der Waals surface area contributed by atoms with Crippen molar-refractivity contribution in [1.29, 1.82) is 0 Å². The predicted molar refractivity (Wildman–Crippen MR) is 61.6 cm³/mol. The Morgan fingerprint density at radius 2 is 2.12 bits per heavy atom. The van der Waals surface area contributed by atoms with Gasteiger partial charge in [-0.2, -0.15) is 0 Å². The van der Waals surface area contributed by atoms with Crippen molar-refractivity contribution in [3.8, 4) is 17.0 Å². The van der Waals surface area contributed by atoms with Crippen molar-refractivity contribution in [1.82, 2.24) is 4.98 Å². The summed E-state index contributed by atoms with van der Waals surface area (Å²) in [6.07, 6.45) is 0.641. The molecule has 2 rings (SSSR count). The fraction of sp³-hybridized carbons (Fsp3) is 0.0769. The van der Waals surface area contributed by atoms with Gasteiger partial charge in [0.15, 0.2) is 6.29 Å². The molecule has 0 aliphatic heterocycles. The molecule has 1 heterocycles. The van der Waals surface area contributed by atoms with Crippen LogP contribution in [-0.4, -0.2) is 18.4 Å². The summed E-state index contributed by atoms with van der Waals surface area (Å²) >= 11 is 0. The van der Waals surface area contributed by atoms with Gasteiger partial charge in [-0.1, -0.05) is 12.1 Å². The molecule has 0 spiro atoms. The Bertz CT molecular complexity index is 555. The summed E-state index contributed by atoms with van der Waals surface area (Å²) in [6.45, 7) is 0. The number of ether oxygens (including phenoxy) is 1. The van der Waals surface area contributed by atoms with E-state index in [0.717, 1.165) is 0 Å². The molecule has 1 aromatic heterocycles. The number of aldehydes is 1. The van der Waals surface area contributed by atoms with E-state index in [0.29, 0.717) is 23.3 Å². The molecule has 0 fully saturated rings. The molecule has 0 radical (unpaired) electrons. The van der Waals surface area contributed by atoms with Crippen molar-refractivity contribution in [3.63, 3.8) is 0 Å². The summed E-state index contributed by atoms with van der Waals surface area (Å²) in [4.78, 5) is 14.8. The van der Waals surface area contributed by atoms with Crippen molar-refractivity contribution in [2.45, 2.75) is 0 Å². The third-order valence-electron chi connectivity index (χ3n) is 2.32. The van der Waals surface area contributed by atoms with E-state index in [1.165, 1.54) is 19.2 Å². The second-order valence-corrected chi connectivity index (χ2v) is 3.42. The van der Waals surface area contributed by atoms with E-state index in [2.05, 4.69) is 4.98 Å². The molecule has 86 valence electrons. The van der Waals surface area contributed by atoms with Gasteiger partial charge < -0.3 is 4.74 Å². The number of methoxy groups -OCH3 is 1. The number of rotatable bonds is 3. The maximum Gasteiger partial charge on any atom is 0.168 e. The largest absolute Gasteiger partial charge is 0.494 e. The molecule has 0 aliphatic rings. The number of carbonyl (C=O) groups is 1. The summed E-state index contributed by atoms with van der Waals surface area (Å²) in [6, 6.07) is 9.17. The Kier molecular flexibility index (Phi) is 3.14. The summed E-state index contributed by atoms with van der Waals surface area (Å²) in [7, 11) is 1.50. The molecule has 0 N–H and O–H groups in total. The van der Waals surface area contributed by atoms with Crippen LogP contribution < -0.4 is 4.74 Å². The van der Waals surface area contributed by atoms with Crippen LogP contribution in [0, 0.1) is 5.82 Å². The molecule has 0 saturated carbocycles. The lowest BCUT2D eigenvalue weighted by Crippen LogP contribution is -1.95. The van der Waals surface area contributed by atoms with E-state index < -0.39 is 0 Å². The average Bonchev–Trinajstić information content (AvgIpc) is 2.38. The molecule has 4 heteroatoms. The van der Waals surface area contributed by atoms with Gasteiger partial charge in [0.2, 0.25) is 0 Å². The zero-order valence-corrected chi connectivity index (χ0v) is 9.18. The molecular weight excluding hydrogens is 221 g/mol. The molecule has 17 heavy (non-hydrogen) atoms. The lowest BCUT2D eigenvalue weighted by atomic mass is 10.1. The molecule has 2 aromatic rings. The second kappa shape index (κ2) is 4.74. The minimum absolute atomic E-state index is 0.282. The standard InChI is InChI=1S/C13H10FNO2/c1-17-12-6-5-11(8-16)15-13(12)9-3-2-4-10(14)7-9/h2-8H,1H3. The fourth-order valence-electron chi connectivity index (χ4n) is 1.53. The van der Waals surface area contributed by atoms with Gasteiger partial charge in [0.25, 0.3) is 0 Å². The number of halogens is 1. The third kappa shape index (κ3) is 2.30. The van der Waals surface area contributed by atoms with Crippen molar-refractivity contribution < 1.29 is 13.9 Å². The summed E-state index contributed by atoms with van der Waals surface area (Å²) in [5.74, 6) is 0.143. The molecular formula is C13H10FNO2. The lowest BCUT2D eigenvalue weighted by Gasteiger charge is -2.08. The Morgan fingerprint density at radius 3 is 2.76 bits per heavy atom. The molecule has 1 aromatic carbocycles. The molecule has 0 atom stereocenters. The van der Waals surface area contributed by atoms with E-state index in [1.807, 2.05) is 0 Å². The third-order valence-corrected chi connectivity index (χ3v) is 2.32. The van der Waals surface area contributed by atoms with Crippen LogP contribution in [0.4, 0.5) is 4.39 Å². The summed E-state index contributed by atoms with van der Waals surface area (Å²) in [5, 5.41) is 0. The molecule has 3 nitrogen and oxygen atoms in total. The topological polar surface area (TPSA) is 39.2 Å². The quantitative estimate of drug-likeness (QED) is 0.762. The SMILES string of the molecule is COc1ccc(C=O)nc1-c1cccc(F)c1. The first-order valence-corrected chi connectivity index (χ1v) is 5.00. The normalized spacial score (nSPS) is 10.0. The lowest BCUT2D eigenvalue weighted by molar-refractivity contribution is 0.111. The van der Waals surface area contributed by atoms with E-state index in [1.54, 1.807) is 24.3 Å². The zero-order valence-electron chi connectivity index (χ0n) is 9.18. The first kappa shape index (κ1) is 11.3. The molecule has 0 unspecified atom stereocenters. The summed E-state index contributed by atoms with van der Waals surface area (Å²) < 4.78 is 18.3. The highest BCUT2D eigenvalue weighted by molar-refractivity contribution is 5.76. The molecule has 0 amide bonds. The van der Waals surface area contributed by atoms with Gasteiger partial charge >= 0.3 is 0 Å². The number of nitrogens with zero attached hydrogens (tertiary/aromatic N) is 1. The van der Waals surface area contributed by atoms with Crippen LogP contribution in [-0.2, 0) is 0 Å². The molecule has 0 aliphatic carbocycles. The number of carbonyl (C=O) groups excluding carboxylic acids is 1. The highest BCUT2D eigenvalue weighted by Crippen LogP contribution is 2.28. The highest BCUT2D eigenvalue weighted by atomic mass is 19.1.